The molecule has 0 fully saturated rings. The van der Waals surface area contributed by atoms with E-state index in [0.29, 0.717) is 19.8 Å². The topological polar surface area (TPSA) is 35.5 Å². The molecule has 0 heterocycles. The Morgan fingerprint density at radius 1 is 0.875 bits per heavy atom. The minimum Gasteiger partial charge on any atom is -0.355 e. The van der Waals surface area contributed by atoms with E-state index < -0.39 is 0 Å². The third kappa shape index (κ3) is 13.6. The summed E-state index contributed by atoms with van der Waals surface area (Å²) >= 11 is 0. The smallest absolute Gasteiger partial charge is 0.146 e. The second-order valence-corrected chi connectivity index (χ2v) is 4.01. The molecular weight excluding hydrogens is 204 g/mol. The monoisotopic (exact) mass is 230 g/mol. The first-order chi connectivity index (χ1) is 7.91. The molecule has 0 aliphatic rings. The van der Waals surface area contributed by atoms with Crippen LogP contribution in [0, 0.1) is 0 Å². The van der Waals surface area contributed by atoms with E-state index in [1.54, 1.807) is 0 Å². The van der Waals surface area contributed by atoms with Gasteiger partial charge in [0.15, 0.2) is 0 Å². The zero-order chi connectivity index (χ0) is 11.9. The van der Waals surface area contributed by atoms with Gasteiger partial charge in [0, 0.05) is 19.6 Å². The molecule has 0 saturated heterocycles. The number of hydrogen-bond acceptors (Lipinski definition) is 3. The lowest BCUT2D eigenvalue weighted by Gasteiger charge is -2.04. The summed E-state index contributed by atoms with van der Waals surface area (Å²) in [6, 6.07) is 0. The van der Waals surface area contributed by atoms with Crippen molar-refractivity contribution in [3.63, 3.8) is 0 Å². The van der Waals surface area contributed by atoms with Gasteiger partial charge < -0.3 is 14.3 Å². The van der Waals surface area contributed by atoms with E-state index in [1.165, 1.54) is 32.1 Å². The normalized spacial score (nSPS) is 10.6. The second-order valence-electron chi connectivity index (χ2n) is 4.01. The van der Waals surface area contributed by atoms with E-state index in [9.17, 15) is 4.79 Å². The Balaban J connectivity index is 2.85. The van der Waals surface area contributed by atoms with Crippen molar-refractivity contribution in [2.24, 2.45) is 0 Å². The van der Waals surface area contributed by atoms with Crippen LogP contribution in [0.15, 0.2) is 0 Å². The highest BCUT2D eigenvalue weighted by Gasteiger charge is 1.91. The number of carbonyl (C=O) groups excluding carboxylic acids is 1. The number of carbonyl (C=O) groups is 1. The lowest BCUT2D eigenvalue weighted by atomic mass is 10.1. The average molecular weight is 230 g/mol. The molecule has 0 aromatic carbocycles. The third-order valence-corrected chi connectivity index (χ3v) is 2.42. The Kier molecular flexibility index (Phi) is 14.2. The molecule has 0 unspecified atom stereocenters. The highest BCUT2D eigenvalue weighted by molar-refractivity contribution is 5.48. The van der Waals surface area contributed by atoms with Crippen LogP contribution < -0.4 is 0 Å². The summed E-state index contributed by atoms with van der Waals surface area (Å²) in [5.74, 6) is 0. The van der Waals surface area contributed by atoms with Crippen molar-refractivity contribution in [1.82, 2.24) is 0 Å². The zero-order valence-corrected chi connectivity index (χ0v) is 10.6. The van der Waals surface area contributed by atoms with Crippen LogP contribution in [0.5, 0.6) is 0 Å². The number of ether oxygens (including phenoxy) is 2. The summed E-state index contributed by atoms with van der Waals surface area (Å²) in [7, 11) is 0. The minimum absolute atomic E-state index is 0.369. The van der Waals surface area contributed by atoms with E-state index in [1.807, 2.05) is 0 Å². The van der Waals surface area contributed by atoms with Crippen LogP contribution in [0.3, 0.4) is 0 Å². The maximum Gasteiger partial charge on any atom is 0.146 e. The summed E-state index contributed by atoms with van der Waals surface area (Å²) < 4.78 is 10.5. The predicted molar refractivity (Wildman–Crippen MR) is 65.4 cm³/mol. The van der Waals surface area contributed by atoms with Gasteiger partial charge in [-0.05, 0) is 12.8 Å². The van der Waals surface area contributed by atoms with Crippen LogP contribution in [0.4, 0.5) is 0 Å². The maximum absolute atomic E-state index is 10.0. The maximum atomic E-state index is 10.0. The fourth-order valence-electron chi connectivity index (χ4n) is 1.43. The number of hydrogen-bond donors (Lipinski definition) is 0. The SMILES string of the molecule is CCCCCCCCOCOCCCC=O. The predicted octanol–water partition coefficient (Wildman–Crippen LogP) is 3.32. The molecule has 0 N–H and O–H groups in total. The summed E-state index contributed by atoms with van der Waals surface area (Å²) in [6.07, 6.45) is 9.98. The first kappa shape index (κ1) is 15.6. The van der Waals surface area contributed by atoms with Crippen molar-refractivity contribution in [2.45, 2.75) is 58.3 Å². The highest BCUT2D eigenvalue weighted by Crippen LogP contribution is 2.04. The van der Waals surface area contributed by atoms with Gasteiger partial charge in [0.1, 0.15) is 13.1 Å². The molecule has 3 nitrogen and oxygen atoms in total. The lowest BCUT2D eigenvalue weighted by molar-refractivity contribution is -0.108. The lowest BCUT2D eigenvalue weighted by Crippen LogP contribution is -2.03. The van der Waals surface area contributed by atoms with E-state index in [2.05, 4.69) is 6.92 Å². The molecule has 0 amide bonds. The Morgan fingerprint density at radius 3 is 2.19 bits per heavy atom. The average Bonchev–Trinajstić information content (AvgIpc) is 2.31. The molecule has 0 spiro atoms. The second kappa shape index (κ2) is 14.6. The van der Waals surface area contributed by atoms with Crippen LogP contribution >= 0.6 is 0 Å². The summed E-state index contributed by atoms with van der Waals surface area (Å²) in [6.45, 7) is 4.01. The Bertz CT molecular complexity index is 137. The fraction of sp³-hybridized carbons (Fsp3) is 0.923. The number of rotatable bonds is 13. The van der Waals surface area contributed by atoms with Crippen LogP contribution in [-0.2, 0) is 14.3 Å². The largest absolute Gasteiger partial charge is 0.355 e. The van der Waals surface area contributed by atoms with Gasteiger partial charge in [-0.15, -0.1) is 0 Å². The Labute approximate surface area is 99.5 Å². The van der Waals surface area contributed by atoms with Crippen molar-refractivity contribution in [1.29, 1.82) is 0 Å². The van der Waals surface area contributed by atoms with Gasteiger partial charge >= 0.3 is 0 Å². The molecular formula is C13H26O3. The van der Waals surface area contributed by atoms with Crippen molar-refractivity contribution in [3.05, 3.63) is 0 Å². The molecule has 0 bridgehead atoms. The van der Waals surface area contributed by atoms with Crippen molar-refractivity contribution in [2.75, 3.05) is 20.0 Å². The van der Waals surface area contributed by atoms with Gasteiger partial charge in [0.05, 0.1) is 0 Å². The standard InChI is InChI=1S/C13H26O3/c1-2-3-4-5-6-8-11-15-13-16-12-9-7-10-14/h10H,2-9,11-13H2,1H3. The minimum atomic E-state index is 0.369. The molecule has 0 aromatic heterocycles. The number of aldehydes is 1. The van der Waals surface area contributed by atoms with Gasteiger partial charge in [0.2, 0.25) is 0 Å². The highest BCUT2D eigenvalue weighted by atomic mass is 16.7. The van der Waals surface area contributed by atoms with E-state index in [-0.39, 0.29) is 0 Å². The molecule has 0 aromatic rings. The van der Waals surface area contributed by atoms with Crippen LogP contribution in [0.2, 0.25) is 0 Å². The van der Waals surface area contributed by atoms with E-state index >= 15 is 0 Å². The van der Waals surface area contributed by atoms with Crippen molar-refractivity contribution in [3.8, 4) is 0 Å². The van der Waals surface area contributed by atoms with Gasteiger partial charge in [-0.1, -0.05) is 39.0 Å². The Morgan fingerprint density at radius 2 is 1.50 bits per heavy atom. The quantitative estimate of drug-likeness (QED) is 0.276. The van der Waals surface area contributed by atoms with Crippen molar-refractivity contribution >= 4 is 6.29 Å². The summed E-state index contributed by atoms with van der Waals surface area (Å²) in [4.78, 5) is 10.0. The molecule has 0 aliphatic carbocycles. The van der Waals surface area contributed by atoms with Gasteiger partial charge in [-0.3, -0.25) is 0 Å². The molecule has 0 radical (unpaired) electrons. The zero-order valence-electron chi connectivity index (χ0n) is 10.6. The molecule has 0 rings (SSSR count). The fourth-order valence-corrected chi connectivity index (χ4v) is 1.43. The molecule has 0 saturated carbocycles. The molecule has 3 heteroatoms. The van der Waals surface area contributed by atoms with Crippen LogP contribution in [0.25, 0.3) is 0 Å². The van der Waals surface area contributed by atoms with Gasteiger partial charge in [0.25, 0.3) is 0 Å². The van der Waals surface area contributed by atoms with Crippen molar-refractivity contribution < 1.29 is 14.3 Å². The van der Waals surface area contributed by atoms with Gasteiger partial charge in [-0.2, -0.15) is 0 Å². The van der Waals surface area contributed by atoms with Gasteiger partial charge in [-0.25, -0.2) is 0 Å². The number of unbranched alkanes of at least 4 members (excludes halogenated alkanes) is 6. The van der Waals surface area contributed by atoms with Crippen LogP contribution in [-0.4, -0.2) is 26.3 Å². The van der Waals surface area contributed by atoms with E-state index in [0.717, 1.165) is 25.7 Å². The molecule has 16 heavy (non-hydrogen) atoms. The molecule has 96 valence electrons. The third-order valence-electron chi connectivity index (χ3n) is 2.42. The van der Waals surface area contributed by atoms with E-state index in [4.69, 9.17) is 9.47 Å². The summed E-state index contributed by atoms with van der Waals surface area (Å²) in [5.41, 5.74) is 0. The molecule has 0 aliphatic heterocycles. The molecule has 0 atom stereocenters. The Hall–Kier alpha value is -0.410. The van der Waals surface area contributed by atoms with Crippen LogP contribution in [0.1, 0.15) is 58.3 Å². The first-order valence-electron chi connectivity index (χ1n) is 6.51. The summed E-state index contributed by atoms with van der Waals surface area (Å²) in [5, 5.41) is 0. The first-order valence-corrected chi connectivity index (χ1v) is 6.51.